The van der Waals surface area contributed by atoms with Gasteiger partial charge in [-0.2, -0.15) is 0 Å². The fraction of sp³-hybridized carbons (Fsp3) is 0.538. The second-order valence-electron chi connectivity index (χ2n) is 11.1. The Bertz CT molecular complexity index is 1310. The van der Waals surface area contributed by atoms with E-state index in [4.69, 9.17) is 9.47 Å². The minimum Gasteiger partial charge on any atom is -0.480 e. The van der Waals surface area contributed by atoms with E-state index in [2.05, 4.69) is 20.6 Å². The van der Waals surface area contributed by atoms with Gasteiger partial charge < -0.3 is 30.1 Å². The molecule has 2 saturated heterocycles. The number of amides is 2. The van der Waals surface area contributed by atoms with Crippen molar-refractivity contribution in [2.75, 3.05) is 30.0 Å². The molecule has 3 N–H and O–H groups in total. The molecule has 2 aromatic rings. The van der Waals surface area contributed by atoms with Crippen molar-refractivity contribution in [3.63, 3.8) is 0 Å². The lowest BCUT2D eigenvalue weighted by molar-refractivity contribution is -0.189. The maximum absolute atomic E-state index is 15.0. The summed E-state index contributed by atoms with van der Waals surface area (Å²) in [6.45, 7) is 1.01. The number of aromatic nitrogens is 2. The Hall–Kier alpha value is -3.15. The van der Waals surface area contributed by atoms with Gasteiger partial charge in [0.1, 0.15) is 11.4 Å². The maximum atomic E-state index is 15.0. The summed E-state index contributed by atoms with van der Waals surface area (Å²) in [5, 5.41) is 18.1. The number of nitrogens with one attached hydrogen (secondary N) is 2. The zero-order valence-corrected chi connectivity index (χ0v) is 20.3. The van der Waals surface area contributed by atoms with Gasteiger partial charge in [-0.3, -0.25) is 14.6 Å². The Kier molecular flexibility index (Phi) is 4.93. The Labute approximate surface area is 212 Å². The van der Waals surface area contributed by atoms with E-state index in [1.165, 1.54) is 11.1 Å². The Morgan fingerprint density at radius 1 is 1.19 bits per heavy atom. The zero-order chi connectivity index (χ0) is 25.4. The first kappa shape index (κ1) is 23.0. The molecule has 10 nitrogen and oxygen atoms in total. The molecule has 3 fully saturated rings. The molecule has 194 valence electrons. The number of carbonyl (C=O) groups excluding carboxylic acids is 2. The van der Waals surface area contributed by atoms with Crippen LogP contribution in [0.4, 0.5) is 15.9 Å². The Morgan fingerprint density at radius 2 is 2.03 bits per heavy atom. The molecule has 5 aliphatic heterocycles. The zero-order valence-electron chi connectivity index (χ0n) is 20.3. The molecule has 11 heteroatoms. The fourth-order valence-corrected chi connectivity index (χ4v) is 6.70. The van der Waals surface area contributed by atoms with Gasteiger partial charge in [-0.25, -0.2) is 9.37 Å². The maximum Gasteiger partial charge on any atom is 0.263 e. The molecule has 2 amide bonds. The van der Waals surface area contributed by atoms with Gasteiger partial charge in [0.15, 0.2) is 18.2 Å². The van der Waals surface area contributed by atoms with Gasteiger partial charge in [0.05, 0.1) is 42.0 Å². The van der Waals surface area contributed by atoms with E-state index in [1.54, 1.807) is 0 Å². The number of hydrogen-bond acceptors (Lipinski definition) is 8. The molecule has 1 aliphatic carbocycles. The number of ether oxygens (including phenoxy) is 2. The Balaban J connectivity index is 1.06. The lowest BCUT2D eigenvalue weighted by atomic mass is 9.67. The SMILES string of the molecule is O=C1COc2ccc(CNC34CCC(C[C@]5(O)CN6C(=O)CCc7ncc(F)c5c76)(CC3)OC4)nc2N1. The summed E-state index contributed by atoms with van der Waals surface area (Å²) in [5.74, 6) is 0.0969. The van der Waals surface area contributed by atoms with Crippen molar-refractivity contribution in [1.82, 2.24) is 15.3 Å². The van der Waals surface area contributed by atoms with Crippen LogP contribution in [-0.4, -0.2) is 57.8 Å². The lowest BCUT2D eigenvalue weighted by Crippen LogP contribution is -2.62. The first-order chi connectivity index (χ1) is 17.8. The van der Waals surface area contributed by atoms with E-state index in [0.717, 1.165) is 18.5 Å². The number of hydrogen-bond donors (Lipinski definition) is 3. The standard InChI is InChI=1S/C26H28FN5O5/c27-16-10-28-17-2-4-20(34)32-13-26(35,21(16)22(17)32)12-25-7-5-24(6-8-25,14-37-25)29-9-15-1-3-18-23(30-15)31-19(33)11-36-18/h1,3,10,29,35H,2,4-9,11-14H2,(H,30,31,33)/t24?,25?,26-/m0/s1. The molecule has 0 unspecified atom stereocenters. The van der Waals surface area contributed by atoms with Crippen LogP contribution in [-0.2, 0) is 32.9 Å². The summed E-state index contributed by atoms with van der Waals surface area (Å²) in [7, 11) is 0. The monoisotopic (exact) mass is 509 g/mol. The molecule has 6 aliphatic rings. The molecular weight excluding hydrogens is 481 g/mol. The minimum atomic E-state index is -1.51. The largest absolute Gasteiger partial charge is 0.480 e. The van der Waals surface area contributed by atoms with Crippen molar-refractivity contribution in [2.45, 2.75) is 68.2 Å². The topological polar surface area (TPSA) is 126 Å². The number of anilines is 2. The quantitative estimate of drug-likeness (QED) is 0.556. The molecule has 2 bridgehead atoms. The third kappa shape index (κ3) is 3.63. The van der Waals surface area contributed by atoms with E-state index in [0.29, 0.717) is 61.8 Å². The molecule has 0 aromatic carbocycles. The van der Waals surface area contributed by atoms with Crippen molar-refractivity contribution >= 4 is 23.3 Å². The molecule has 8 rings (SSSR count). The fourth-order valence-electron chi connectivity index (χ4n) is 6.70. The number of halogens is 1. The smallest absolute Gasteiger partial charge is 0.263 e. The summed E-state index contributed by atoms with van der Waals surface area (Å²) in [4.78, 5) is 34.4. The second-order valence-corrected chi connectivity index (χ2v) is 11.1. The predicted octanol–water partition coefficient (Wildman–Crippen LogP) is 1.69. The van der Waals surface area contributed by atoms with Crippen molar-refractivity contribution in [3.8, 4) is 5.75 Å². The van der Waals surface area contributed by atoms with Gasteiger partial charge in [0.25, 0.3) is 5.91 Å². The molecular formula is C26H28FN5O5. The number of fused-ring (bicyclic) bond motifs is 4. The highest BCUT2D eigenvalue weighted by molar-refractivity contribution is 5.99. The number of carbonyl (C=O) groups is 2. The van der Waals surface area contributed by atoms with Gasteiger partial charge in [0.2, 0.25) is 5.91 Å². The van der Waals surface area contributed by atoms with Crippen LogP contribution in [0.15, 0.2) is 18.3 Å². The van der Waals surface area contributed by atoms with Crippen molar-refractivity contribution in [1.29, 1.82) is 0 Å². The van der Waals surface area contributed by atoms with Crippen LogP contribution in [0.1, 0.15) is 55.5 Å². The molecule has 1 atom stereocenters. The molecule has 0 spiro atoms. The third-order valence-corrected chi connectivity index (χ3v) is 8.68. The van der Waals surface area contributed by atoms with Crippen molar-refractivity contribution in [2.24, 2.45) is 0 Å². The number of aryl methyl sites for hydroxylation is 1. The Morgan fingerprint density at radius 3 is 2.81 bits per heavy atom. The molecule has 0 radical (unpaired) electrons. The van der Waals surface area contributed by atoms with Gasteiger partial charge in [-0.1, -0.05) is 0 Å². The first-order valence-electron chi connectivity index (χ1n) is 12.8. The number of nitrogens with zero attached hydrogens (tertiary/aromatic N) is 3. The van der Waals surface area contributed by atoms with Crippen molar-refractivity contribution in [3.05, 3.63) is 41.1 Å². The van der Waals surface area contributed by atoms with Crippen LogP contribution in [0.5, 0.6) is 5.75 Å². The van der Waals surface area contributed by atoms with Gasteiger partial charge in [-0.05, 0) is 37.8 Å². The summed E-state index contributed by atoms with van der Waals surface area (Å²) in [6, 6.07) is 3.69. The van der Waals surface area contributed by atoms with Gasteiger partial charge in [0, 0.05) is 36.9 Å². The number of aliphatic hydroxyl groups is 1. The van der Waals surface area contributed by atoms with Crippen LogP contribution < -0.4 is 20.3 Å². The number of pyridine rings is 2. The summed E-state index contributed by atoms with van der Waals surface area (Å²) < 4.78 is 26.8. The highest BCUT2D eigenvalue weighted by Gasteiger charge is 2.57. The summed E-state index contributed by atoms with van der Waals surface area (Å²) in [6.07, 6.45) is 5.29. The highest BCUT2D eigenvalue weighted by Crippen LogP contribution is 2.53. The summed E-state index contributed by atoms with van der Waals surface area (Å²) >= 11 is 0. The molecule has 2 aromatic heterocycles. The van der Waals surface area contributed by atoms with Gasteiger partial charge in [-0.15, -0.1) is 0 Å². The third-order valence-electron chi connectivity index (χ3n) is 8.68. The molecule has 7 heterocycles. The van der Waals surface area contributed by atoms with E-state index >= 15 is 4.39 Å². The molecule has 1 saturated carbocycles. The average molecular weight is 510 g/mol. The number of rotatable bonds is 5. The van der Waals surface area contributed by atoms with Crippen LogP contribution in [0, 0.1) is 5.82 Å². The predicted molar refractivity (Wildman–Crippen MR) is 128 cm³/mol. The lowest BCUT2D eigenvalue weighted by Gasteiger charge is -2.55. The van der Waals surface area contributed by atoms with Crippen LogP contribution in [0.2, 0.25) is 0 Å². The summed E-state index contributed by atoms with van der Waals surface area (Å²) in [5.41, 5.74) is -0.208. The van der Waals surface area contributed by atoms with Crippen molar-refractivity contribution < 1.29 is 28.6 Å². The van der Waals surface area contributed by atoms with Gasteiger partial charge >= 0.3 is 0 Å². The van der Waals surface area contributed by atoms with E-state index in [9.17, 15) is 14.7 Å². The van der Waals surface area contributed by atoms with Crippen LogP contribution in [0.25, 0.3) is 0 Å². The van der Waals surface area contributed by atoms with Crippen LogP contribution in [0.3, 0.4) is 0 Å². The van der Waals surface area contributed by atoms with E-state index < -0.39 is 17.0 Å². The highest BCUT2D eigenvalue weighted by atomic mass is 19.1. The normalized spacial score (nSPS) is 31.6. The average Bonchev–Trinajstić information content (AvgIpc) is 3.21. The minimum absolute atomic E-state index is 0.00574. The van der Waals surface area contributed by atoms with E-state index in [-0.39, 0.29) is 42.5 Å². The molecule has 37 heavy (non-hydrogen) atoms. The van der Waals surface area contributed by atoms with E-state index in [1.807, 2.05) is 12.1 Å². The first-order valence-corrected chi connectivity index (χ1v) is 12.8. The van der Waals surface area contributed by atoms with Crippen LogP contribution >= 0.6 is 0 Å². The second kappa shape index (κ2) is 7.92.